The highest BCUT2D eigenvalue weighted by molar-refractivity contribution is 5.63. The molecule has 3 rings (SSSR count). The number of ether oxygens (including phenoxy) is 1. The standard InChI is InChI=1S/C18H14N3O5/c1-26-16-6-2-4-13(10-16)14-5-3-9-19(12-14)17-8-7-15(20(22)23)11-18(17)21(24)25/h2-12H,1H3/q+1. The van der Waals surface area contributed by atoms with Crippen LogP contribution in [0.4, 0.5) is 11.4 Å². The second-order valence-corrected chi connectivity index (χ2v) is 5.42. The van der Waals surface area contributed by atoms with E-state index < -0.39 is 9.85 Å². The molecular weight excluding hydrogens is 338 g/mol. The number of hydrogen-bond donors (Lipinski definition) is 0. The zero-order chi connectivity index (χ0) is 18.7. The molecule has 26 heavy (non-hydrogen) atoms. The molecule has 0 unspecified atom stereocenters. The number of pyridine rings is 1. The van der Waals surface area contributed by atoms with E-state index >= 15 is 0 Å². The van der Waals surface area contributed by atoms with Gasteiger partial charge in [-0.05, 0) is 23.8 Å². The number of methoxy groups -OCH3 is 1. The van der Waals surface area contributed by atoms with Crippen molar-refractivity contribution in [2.45, 2.75) is 0 Å². The van der Waals surface area contributed by atoms with Crippen LogP contribution >= 0.6 is 0 Å². The van der Waals surface area contributed by atoms with Crippen LogP contribution < -0.4 is 9.30 Å². The maximum atomic E-state index is 11.4. The summed E-state index contributed by atoms with van der Waals surface area (Å²) in [7, 11) is 1.57. The highest BCUT2D eigenvalue weighted by Gasteiger charge is 2.26. The molecule has 3 aromatic rings. The Morgan fingerprint density at radius 2 is 1.69 bits per heavy atom. The largest absolute Gasteiger partial charge is 0.497 e. The lowest BCUT2D eigenvalue weighted by atomic mass is 10.1. The van der Waals surface area contributed by atoms with E-state index in [4.69, 9.17) is 4.74 Å². The molecule has 130 valence electrons. The van der Waals surface area contributed by atoms with E-state index in [1.165, 1.54) is 12.1 Å². The number of benzene rings is 2. The van der Waals surface area contributed by atoms with Crippen LogP contribution in [0.2, 0.25) is 0 Å². The lowest BCUT2D eigenvalue weighted by molar-refractivity contribution is -0.600. The van der Waals surface area contributed by atoms with Crippen molar-refractivity contribution in [1.82, 2.24) is 0 Å². The van der Waals surface area contributed by atoms with Gasteiger partial charge in [0.2, 0.25) is 0 Å². The fraction of sp³-hybridized carbons (Fsp3) is 0.0556. The summed E-state index contributed by atoms with van der Waals surface area (Å²) in [6.45, 7) is 0. The average Bonchev–Trinajstić information content (AvgIpc) is 2.67. The molecule has 8 nitrogen and oxygen atoms in total. The van der Waals surface area contributed by atoms with Crippen molar-refractivity contribution < 1.29 is 19.2 Å². The predicted octanol–water partition coefficient (Wildman–Crippen LogP) is 3.46. The summed E-state index contributed by atoms with van der Waals surface area (Å²) in [5.74, 6) is 0.694. The van der Waals surface area contributed by atoms with Gasteiger partial charge in [0.15, 0.2) is 12.4 Å². The van der Waals surface area contributed by atoms with Crippen LogP contribution in [0.3, 0.4) is 0 Å². The molecule has 0 fully saturated rings. The van der Waals surface area contributed by atoms with E-state index in [0.29, 0.717) is 5.75 Å². The first-order valence-corrected chi connectivity index (χ1v) is 7.58. The monoisotopic (exact) mass is 352 g/mol. The second-order valence-electron chi connectivity index (χ2n) is 5.42. The smallest absolute Gasteiger partial charge is 0.347 e. The maximum Gasteiger partial charge on any atom is 0.347 e. The molecule has 0 saturated carbocycles. The Hall–Kier alpha value is -3.81. The van der Waals surface area contributed by atoms with Crippen molar-refractivity contribution in [2.75, 3.05) is 7.11 Å². The number of nitrogens with zero attached hydrogens (tertiary/aromatic N) is 3. The van der Waals surface area contributed by atoms with Crippen LogP contribution in [-0.2, 0) is 0 Å². The molecule has 1 heterocycles. The van der Waals surface area contributed by atoms with Gasteiger partial charge in [0.05, 0.1) is 17.0 Å². The molecule has 0 atom stereocenters. The van der Waals surface area contributed by atoms with Crippen molar-refractivity contribution in [2.24, 2.45) is 0 Å². The highest BCUT2D eigenvalue weighted by Crippen LogP contribution is 2.26. The number of rotatable bonds is 5. The molecule has 0 radical (unpaired) electrons. The predicted molar refractivity (Wildman–Crippen MR) is 93.3 cm³/mol. The molecule has 0 aliphatic carbocycles. The Labute approximate surface area is 148 Å². The van der Waals surface area contributed by atoms with Crippen molar-refractivity contribution in [3.8, 4) is 22.6 Å². The zero-order valence-corrected chi connectivity index (χ0v) is 13.7. The van der Waals surface area contributed by atoms with Gasteiger partial charge < -0.3 is 4.74 Å². The summed E-state index contributed by atoms with van der Waals surface area (Å²) in [5.41, 5.74) is 1.27. The van der Waals surface area contributed by atoms with Gasteiger partial charge in [-0.1, -0.05) is 12.1 Å². The third-order valence-corrected chi connectivity index (χ3v) is 3.85. The summed E-state index contributed by atoms with van der Waals surface area (Å²) < 4.78 is 6.78. The number of aromatic nitrogens is 1. The van der Waals surface area contributed by atoms with E-state index in [2.05, 4.69) is 0 Å². The SMILES string of the molecule is COc1cccc(-c2ccc[n+](-c3ccc([N+](=O)[O-])cc3[N+](=O)[O-])c2)c1. The molecule has 0 spiro atoms. The van der Waals surface area contributed by atoms with E-state index in [-0.39, 0.29) is 17.1 Å². The van der Waals surface area contributed by atoms with E-state index in [1.54, 1.807) is 30.1 Å². The van der Waals surface area contributed by atoms with Crippen LogP contribution in [0.1, 0.15) is 0 Å². The van der Waals surface area contributed by atoms with Crippen LogP contribution in [-0.4, -0.2) is 17.0 Å². The Kier molecular flexibility index (Phi) is 4.57. The topological polar surface area (TPSA) is 99.4 Å². The summed E-state index contributed by atoms with van der Waals surface area (Å²) in [4.78, 5) is 21.0. The molecule has 0 aliphatic rings. The quantitative estimate of drug-likeness (QED) is 0.398. The van der Waals surface area contributed by atoms with E-state index in [1.807, 2.05) is 30.3 Å². The van der Waals surface area contributed by atoms with E-state index in [0.717, 1.165) is 17.2 Å². The molecule has 0 aliphatic heterocycles. The summed E-state index contributed by atoms with van der Waals surface area (Å²) in [5, 5.41) is 22.2. The normalized spacial score (nSPS) is 10.3. The summed E-state index contributed by atoms with van der Waals surface area (Å²) in [6.07, 6.45) is 3.38. The number of nitro groups is 2. The molecule has 8 heteroatoms. The van der Waals surface area contributed by atoms with Crippen molar-refractivity contribution in [3.63, 3.8) is 0 Å². The molecule has 1 aromatic heterocycles. The van der Waals surface area contributed by atoms with Gasteiger partial charge in [-0.3, -0.25) is 20.2 Å². The van der Waals surface area contributed by atoms with Gasteiger partial charge in [-0.25, -0.2) is 0 Å². The molecule has 0 N–H and O–H groups in total. The number of nitro benzene ring substituents is 2. The van der Waals surface area contributed by atoms with Gasteiger partial charge in [-0.2, -0.15) is 4.57 Å². The van der Waals surface area contributed by atoms with Gasteiger partial charge in [-0.15, -0.1) is 0 Å². The summed E-state index contributed by atoms with van der Waals surface area (Å²) in [6, 6.07) is 14.6. The van der Waals surface area contributed by atoms with Crippen molar-refractivity contribution >= 4 is 11.4 Å². The molecule has 0 bridgehead atoms. The first-order valence-electron chi connectivity index (χ1n) is 7.58. The minimum atomic E-state index is -0.659. The molecule has 2 aromatic carbocycles. The van der Waals surface area contributed by atoms with Crippen LogP contribution in [0, 0.1) is 20.2 Å². The number of non-ortho nitro benzene ring substituents is 1. The fourth-order valence-corrected chi connectivity index (χ4v) is 2.59. The van der Waals surface area contributed by atoms with Crippen LogP contribution in [0.5, 0.6) is 5.75 Å². The third kappa shape index (κ3) is 3.34. The molecular formula is C18H14N3O5+. The third-order valence-electron chi connectivity index (χ3n) is 3.85. The maximum absolute atomic E-state index is 11.4. The minimum Gasteiger partial charge on any atom is -0.497 e. The first-order chi connectivity index (χ1) is 12.5. The lowest BCUT2D eigenvalue weighted by Crippen LogP contribution is -2.30. The average molecular weight is 352 g/mol. The second kappa shape index (κ2) is 6.98. The number of hydrogen-bond acceptors (Lipinski definition) is 5. The Balaban J connectivity index is 2.11. The van der Waals surface area contributed by atoms with Gasteiger partial charge in [0.1, 0.15) is 11.8 Å². The Morgan fingerprint density at radius 3 is 2.38 bits per heavy atom. The Morgan fingerprint density at radius 1 is 0.923 bits per heavy atom. The van der Waals surface area contributed by atoms with Crippen molar-refractivity contribution in [3.05, 3.63) is 87.2 Å². The fourth-order valence-electron chi connectivity index (χ4n) is 2.59. The summed E-state index contributed by atoms with van der Waals surface area (Å²) >= 11 is 0. The van der Waals surface area contributed by atoms with E-state index in [9.17, 15) is 20.2 Å². The lowest BCUT2D eigenvalue weighted by Gasteiger charge is -2.04. The van der Waals surface area contributed by atoms with Gasteiger partial charge in [0, 0.05) is 23.8 Å². The Bertz CT molecular complexity index is 1000. The van der Waals surface area contributed by atoms with Gasteiger partial charge >= 0.3 is 5.69 Å². The molecule has 0 saturated heterocycles. The minimum absolute atomic E-state index is 0.241. The molecule has 0 amide bonds. The highest BCUT2D eigenvalue weighted by atomic mass is 16.6. The van der Waals surface area contributed by atoms with Crippen LogP contribution in [0.15, 0.2) is 67.0 Å². The first kappa shape index (κ1) is 17.0. The van der Waals surface area contributed by atoms with Crippen LogP contribution in [0.25, 0.3) is 16.8 Å². The zero-order valence-electron chi connectivity index (χ0n) is 13.7. The van der Waals surface area contributed by atoms with Gasteiger partial charge in [0.25, 0.3) is 11.4 Å². The van der Waals surface area contributed by atoms with Crippen molar-refractivity contribution in [1.29, 1.82) is 0 Å².